The van der Waals surface area contributed by atoms with Crippen LogP contribution < -0.4 is 0 Å². The van der Waals surface area contributed by atoms with Crippen LogP contribution in [-0.2, 0) is 9.47 Å². The quantitative estimate of drug-likeness (QED) is 0.652. The van der Waals surface area contributed by atoms with E-state index in [1.165, 1.54) is 12.8 Å². The molecule has 0 unspecified atom stereocenters. The molecule has 1 heterocycles. The van der Waals surface area contributed by atoms with Gasteiger partial charge in [0.1, 0.15) is 0 Å². The Morgan fingerprint density at radius 1 is 1.38 bits per heavy atom. The summed E-state index contributed by atoms with van der Waals surface area (Å²) in [7, 11) is 0.936. The maximum absolute atomic E-state index is 5.59. The second-order valence-electron chi connectivity index (χ2n) is 3.72. The van der Waals surface area contributed by atoms with E-state index in [4.69, 9.17) is 9.47 Å². The molecular weight excluding hydrogens is 183 g/mol. The molecule has 0 N–H and O–H groups in total. The first-order chi connectivity index (χ1) is 6.26. The molecule has 0 bridgehead atoms. The molecule has 0 aliphatic carbocycles. The summed E-state index contributed by atoms with van der Waals surface area (Å²) in [5, 5.41) is 0. The van der Waals surface area contributed by atoms with Crippen LogP contribution >= 0.6 is 8.20 Å². The van der Waals surface area contributed by atoms with Crippen molar-refractivity contribution in [1.29, 1.82) is 0 Å². The smallest absolute Gasteiger partial charge is 0.199 e. The van der Waals surface area contributed by atoms with E-state index in [-0.39, 0.29) is 11.4 Å². The van der Waals surface area contributed by atoms with Crippen molar-refractivity contribution in [1.82, 2.24) is 0 Å². The van der Waals surface area contributed by atoms with Gasteiger partial charge in [0, 0.05) is 5.41 Å². The Hall–Kier alpha value is 0.0900. The number of hydrogen-bond acceptors (Lipinski definition) is 2. The van der Waals surface area contributed by atoms with Crippen LogP contribution in [-0.4, -0.2) is 25.5 Å². The van der Waals surface area contributed by atoms with Crippen molar-refractivity contribution >= 4 is 14.5 Å². The van der Waals surface area contributed by atoms with Crippen LogP contribution in [0.15, 0.2) is 0 Å². The van der Waals surface area contributed by atoms with Crippen LogP contribution in [0.25, 0.3) is 0 Å². The summed E-state index contributed by atoms with van der Waals surface area (Å²) in [5.74, 6) is 0. The van der Waals surface area contributed by atoms with E-state index in [0.717, 1.165) is 27.8 Å². The molecule has 0 atom stereocenters. The van der Waals surface area contributed by atoms with E-state index in [0.29, 0.717) is 0 Å². The largest absolute Gasteiger partial charge is 0.345 e. The van der Waals surface area contributed by atoms with Crippen LogP contribution in [0.4, 0.5) is 0 Å². The van der Waals surface area contributed by atoms with Gasteiger partial charge in [-0.1, -0.05) is 26.6 Å². The molecule has 76 valence electrons. The van der Waals surface area contributed by atoms with Gasteiger partial charge < -0.3 is 9.47 Å². The molecule has 0 aromatic heterocycles. The van der Waals surface area contributed by atoms with E-state index in [9.17, 15) is 0 Å². The monoisotopic (exact) mass is 202 g/mol. The van der Waals surface area contributed by atoms with Gasteiger partial charge in [-0.3, -0.25) is 0 Å². The third-order valence-corrected chi connectivity index (χ3v) is 3.34. The molecule has 1 saturated heterocycles. The minimum Gasteiger partial charge on any atom is -0.345 e. The van der Waals surface area contributed by atoms with Crippen molar-refractivity contribution in [2.75, 3.05) is 13.2 Å². The minimum atomic E-state index is -0.0865. The molecule has 0 amide bonds. The molecule has 0 aromatic carbocycles. The lowest BCUT2D eigenvalue weighted by Gasteiger charge is -2.38. The maximum atomic E-state index is 5.59. The SMILES string of the molecule is C=PC1OCC(CC)(CCC)CO1. The third kappa shape index (κ3) is 2.77. The first-order valence-corrected chi connectivity index (χ1v) is 6.10. The van der Waals surface area contributed by atoms with Crippen molar-refractivity contribution in [3.05, 3.63) is 0 Å². The van der Waals surface area contributed by atoms with E-state index in [1.54, 1.807) is 0 Å². The fourth-order valence-electron chi connectivity index (χ4n) is 1.75. The molecule has 0 spiro atoms. The molecule has 13 heavy (non-hydrogen) atoms. The van der Waals surface area contributed by atoms with Crippen LogP contribution in [0.5, 0.6) is 0 Å². The molecule has 0 saturated carbocycles. The Kier molecular flexibility index (Phi) is 4.37. The van der Waals surface area contributed by atoms with Crippen molar-refractivity contribution in [2.24, 2.45) is 5.41 Å². The highest BCUT2D eigenvalue weighted by atomic mass is 31.1. The molecule has 2 nitrogen and oxygen atoms in total. The van der Waals surface area contributed by atoms with Gasteiger partial charge in [-0.25, -0.2) is 0 Å². The lowest BCUT2D eigenvalue weighted by molar-refractivity contribution is -0.189. The van der Waals surface area contributed by atoms with Gasteiger partial charge >= 0.3 is 0 Å². The van der Waals surface area contributed by atoms with Crippen molar-refractivity contribution < 1.29 is 9.47 Å². The Labute approximate surface area is 82.4 Å². The fraction of sp³-hybridized carbons (Fsp3) is 0.900. The molecule has 1 aliphatic rings. The lowest BCUT2D eigenvalue weighted by Crippen LogP contribution is -2.39. The Balaban J connectivity index is 2.47. The molecule has 1 rings (SSSR count). The average Bonchev–Trinajstić information content (AvgIpc) is 2.19. The van der Waals surface area contributed by atoms with Crippen molar-refractivity contribution in [3.63, 3.8) is 0 Å². The van der Waals surface area contributed by atoms with Gasteiger partial charge in [-0.05, 0) is 21.0 Å². The van der Waals surface area contributed by atoms with Crippen LogP contribution in [0.2, 0.25) is 0 Å². The Morgan fingerprint density at radius 3 is 2.38 bits per heavy atom. The van der Waals surface area contributed by atoms with Gasteiger partial charge in [-0.2, -0.15) is 0 Å². The Bertz CT molecular complexity index is 162. The van der Waals surface area contributed by atoms with E-state index in [2.05, 4.69) is 20.1 Å². The van der Waals surface area contributed by atoms with Gasteiger partial charge in [0.15, 0.2) is 6.03 Å². The summed E-state index contributed by atoms with van der Waals surface area (Å²) >= 11 is 0. The first kappa shape index (κ1) is 11.2. The second kappa shape index (κ2) is 5.09. The molecule has 1 aliphatic heterocycles. The summed E-state index contributed by atoms with van der Waals surface area (Å²) in [6, 6.07) is -0.0865. The number of ether oxygens (including phenoxy) is 2. The standard InChI is InChI=1S/C10H19O2P/c1-4-6-10(5-2)7-11-9(13-3)12-8-10/h9H,3-8H2,1-2H3. The molecular formula is C10H19O2P. The number of rotatable bonds is 4. The van der Waals surface area contributed by atoms with E-state index in [1.807, 2.05) is 0 Å². The zero-order valence-electron chi connectivity index (χ0n) is 8.58. The van der Waals surface area contributed by atoms with Crippen LogP contribution in [0, 0.1) is 5.41 Å². The summed E-state index contributed by atoms with van der Waals surface area (Å²) in [5.41, 5.74) is 0.274. The maximum Gasteiger partial charge on any atom is 0.199 e. The Morgan fingerprint density at radius 2 is 2.00 bits per heavy atom. The highest BCUT2D eigenvalue weighted by Gasteiger charge is 2.33. The van der Waals surface area contributed by atoms with Gasteiger partial charge in [-0.15, -0.1) is 0 Å². The minimum absolute atomic E-state index is 0.0865. The van der Waals surface area contributed by atoms with E-state index >= 15 is 0 Å². The van der Waals surface area contributed by atoms with Crippen molar-refractivity contribution in [2.45, 2.75) is 39.1 Å². The van der Waals surface area contributed by atoms with Gasteiger partial charge in [0.2, 0.25) is 0 Å². The van der Waals surface area contributed by atoms with Crippen LogP contribution in [0.1, 0.15) is 33.1 Å². The molecule has 0 aromatic rings. The normalized spacial score (nSPS) is 35.1. The van der Waals surface area contributed by atoms with E-state index < -0.39 is 0 Å². The highest BCUT2D eigenvalue weighted by Crippen LogP contribution is 2.34. The number of hydrogen-bond donors (Lipinski definition) is 0. The predicted octanol–water partition coefficient (Wildman–Crippen LogP) is 2.89. The second-order valence-corrected chi connectivity index (χ2v) is 4.50. The van der Waals surface area contributed by atoms with Gasteiger partial charge in [0.05, 0.1) is 13.2 Å². The zero-order chi connectivity index (χ0) is 9.73. The average molecular weight is 202 g/mol. The van der Waals surface area contributed by atoms with Crippen LogP contribution in [0.3, 0.4) is 0 Å². The van der Waals surface area contributed by atoms with Gasteiger partial charge in [0.25, 0.3) is 0 Å². The summed E-state index contributed by atoms with van der Waals surface area (Å²) in [6.07, 6.45) is 7.29. The molecule has 1 fully saturated rings. The third-order valence-electron chi connectivity index (χ3n) is 2.74. The zero-order valence-corrected chi connectivity index (χ0v) is 9.48. The highest BCUT2D eigenvalue weighted by molar-refractivity contribution is 7.36. The summed E-state index contributed by atoms with van der Waals surface area (Å²) in [6.45, 7) is 6.10. The molecule has 0 radical (unpaired) electrons. The van der Waals surface area contributed by atoms with Crippen molar-refractivity contribution in [3.8, 4) is 0 Å². The first-order valence-electron chi connectivity index (χ1n) is 4.95. The summed E-state index contributed by atoms with van der Waals surface area (Å²) in [4.78, 5) is 0. The topological polar surface area (TPSA) is 18.5 Å². The predicted molar refractivity (Wildman–Crippen MR) is 57.4 cm³/mol. The lowest BCUT2D eigenvalue weighted by atomic mass is 9.82. The molecule has 3 heteroatoms. The summed E-state index contributed by atoms with van der Waals surface area (Å²) < 4.78 is 11.2. The fourth-order valence-corrected chi connectivity index (χ4v) is 2.11.